The van der Waals surface area contributed by atoms with Crippen LogP contribution in [0, 0.1) is 12.7 Å². The van der Waals surface area contributed by atoms with Gasteiger partial charge in [-0.15, -0.1) is 11.3 Å². The third-order valence-corrected chi connectivity index (χ3v) is 6.42. The van der Waals surface area contributed by atoms with Crippen molar-refractivity contribution in [1.29, 1.82) is 0 Å². The van der Waals surface area contributed by atoms with E-state index >= 15 is 0 Å². The van der Waals surface area contributed by atoms with Gasteiger partial charge in [-0.3, -0.25) is 0 Å². The number of aryl methyl sites for hydroxylation is 1. The van der Waals surface area contributed by atoms with E-state index in [0.717, 1.165) is 12.8 Å². The van der Waals surface area contributed by atoms with Gasteiger partial charge in [0, 0.05) is 6.07 Å². The molecule has 158 valence electrons. The number of aliphatic hydroxyl groups is 1. The molecule has 0 aliphatic heterocycles. The summed E-state index contributed by atoms with van der Waals surface area (Å²) in [7, 11) is 1.33. The Morgan fingerprint density at radius 2 is 2.10 bits per heavy atom. The van der Waals surface area contributed by atoms with Crippen LogP contribution in [0.5, 0.6) is 5.75 Å². The second-order valence-corrected chi connectivity index (χ2v) is 8.22. The van der Waals surface area contributed by atoms with Crippen LogP contribution < -0.4 is 10.1 Å². The van der Waals surface area contributed by atoms with Crippen molar-refractivity contribution >= 4 is 39.0 Å². The lowest BCUT2D eigenvalue weighted by molar-refractivity contribution is 0.00712. The number of rotatable bonds is 5. The van der Waals surface area contributed by atoms with E-state index in [1.54, 1.807) is 13.0 Å². The molecule has 2 aromatic heterocycles. The van der Waals surface area contributed by atoms with Crippen LogP contribution >= 0.6 is 11.3 Å². The number of ether oxygens (including phenoxy) is 2. The zero-order valence-electron chi connectivity index (χ0n) is 16.6. The molecule has 0 unspecified atom stereocenters. The predicted octanol–water partition coefficient (Wildman–Crippen LogP) is 4.35. The van der Waals surface area contributed by atoms with Crippen LogP contribution in [-0.2, 0) is 4.74 Å². The molecule has 0 spiro atoms. The first-order chi connectivity index (χ1) is 14.5. The maximum absolute atomic E-state index is 13.9. The van der Waals surface area contributed by atoms with Crippen molar-refractivity contribution in [2.45, 2.75) is 44.8 Å². The Balaban J connectivity index is 1.70. The highest BCUT2D eigenvalue weighted by Crippen LogP contribution is 2.37. The van der Waals surface area contributed by atoms with Gasteiger partial charge in [-0.2, -0.15) is 0 Å². The summed E-state index contributed by atoms with van der Waals surface area (Å²) >= 11 is 1.23. The van der Waals surface area contributed by atoms with E-state index in [0.29, 0.717) is 50.8 Å². The predicted molar refractivity (Wildman–Crippen MR) is 112 cm³/mol. The molecular formula is C21H22FN3O4S. The zero-order chi connectivity index (χ0) is 21.3. The molecule has 1 saturated carbocycles. The van der Waals surface area contributed by atoms with Crippen molar-refractivity contribution in [3.63, 3.8) is 0 Å². The molecular weight excluding hydrogens is 409 g/mol. The van der Waals surface area contributed by atoms with Crippen LogP contribution in [0.4, 0.5) is 15.9 Å². The van der Waals surface area contributed by atoms with Crippen molar-refractivity contribution in [2.75, 3.05) is 12.4 Å². The molecule has 0 saturated heterocycles. The zero-order valence-corrected chi connectivity index (χ0v) is 17.5. The Morgan fingerprint density at radius 1 is 1.30 bits per heavy atom. The number of carbonyl (C=O) groups is 1. The van der Waals surface area contributed by atoms with Gasteiger partial charge >= 0.3 is 5.97 Å². The van der Waals surface area contributed by atoms with Crippen LogP contribution in [-0.4, -0.2) is 40.4 Å². The Morgan fingerprint density at radius 3 is 2.87 bits per heavy atom. The highest BCUT2D eigenvalue weighted by atomic mass is 32.1. The van der Waals surface area contributed by atoms with Gasteiger partial charge in [-0.05, 0) is 43.9 Å². The third-order valence-electron chi connectivity index (χ3n) is 5.24. The molecule has 0 radical (unpaired) electrons. The molecule has 1 fully saturated rings. The van der Waals surface area contributed by atoms with E-state index in [1.807, 2.05) is 0 Å². The molecule has 2 atom stereocenters. The summed E-state index contributed by atoms with van der Waals surface area (Å²) in [5.41, 5.74) is 1.22. The van der Waals surface area contributed by atoms with Crippen molar-refractivity contribution in [2.24, 2.45) is 0 Å². The van der Waals surface area contributed by atoms with Crippen LogP contribution in [0.1, 0.15) is 40.9 Å². The normalized spacial score (nSPS) is 18.9. The second kappa shape index (κ2) is 8.53. The van der Waals surface area contributed by atoms with Gasteiger partial charge in [0.25, 0.3) is 0 Å². The monoisotopic (exact) mass is 431 g/mol. The number of thiophene rings is 1. The van der Waals surface area contributed by atoms with E-state index in [2.05, 4.69) is 15.3 Å². The molecule has 7 nitrogen and oxygen atoms in total. The molecule has 0 bridgehead atoms. The van der Waals surface area contributed by atoms with Crippen LogP contribution in [0.15, 0.2) is 24.5 Å². The Hall–Kier alpha value is -2.78. The van der Waals surface area contributed by atoms with E-state index in [9.17, 15) is 14.3 Å². The third kappa shape index (κ3) is 3.95. The van der Waals surface area contributed by atoms with Gasteiger partial charge in [-0.25, -0.2) is 19.2 Å². The first-order valence-electron chi connectivity index (χ1n) is 9.71. The standard InChI is InChI=1S/C21H22FN3O4S/c1-11-17-19(23-10-24-20(17)30-18(11)21(27)28-2)25-13-8-7-12(22)9-16(13)29-15-6-4-3-5-14(15)26/h7-10,14-15,26H,3-6H2,1-2H3,(H,23,24,25)/t14-,15-/m1/s1. The fourth-order valence-corrected chi connectivity index (χ4v) is 4.72. The number of fused-ring (bicyclic) bond motifs is 1. The average Bonchev–Trinajstić information content (AvgIpc) is 3.08. The van der Waals surface area contributed by atoms with Crippen molar-refractivity contribution < 1.29 is 23.8 Å². The second-order valence-electron chi connectivity index (χ2n) is 7.22. The summed E-state index contributed by atoms with van der Waals surface area (Å²) in [6, 6.07) is 4.18. The minimum atomic E-state index is -0.581. The molecule has 0 amide bonds. The Bertz CT molecular complexity index is 1090. The maximum atomic E-state index is 13.9. The number of nitrogens with zero attached hydrogens (tertiary/aromatic N) is 2. The maximum Gasteiger partial charge on any atom is 0.348 e. The number of anilines is 2. The number of hydrogen-bond acceptors (Lipinski definition) is 8. The Labute approximate surface area is 176 Å². The first kappa shape index (κ1) is 20.5. The summed E-state index contributed by atoms with van der Waals surface area (Å²) < 4.78 is 24.8. The van der Waals surface area contributed by atoms with Crippen LogP contribution in [0.3, 0.4) is 0 Å². The summed E-state index contributed by atoms with van der Waals surface area (Å²) in [5, 5.41) is 14.1. The lowest BCUT2D eigenvalue weighted by atomic mass is 9.95. The van der Waals surface area contributed by atoms with Gasteiger partial charge in [0.1, 0.15) is 39.5 Å². The molecule has 1 aromatic carbocycles. The molecule has 9 heteroatoms. The molecule has 2 heterocycles. The summed E-state index contributed by atoms with van der Waals surface area (Å²) in [6.45, 7) is 1.81. The minimum Gasteiger partial charge on any atom is -0.485 e. The number of halogens is 1. The van der Waals surface area contributed by atoms with Gasteiger partial charge in [-0.1, -0.05) is 6.42 Å². The SMILES string of the molecule is COC(=O)c1sc2ncnc(Nc3ccc(F)cc3O[C@@H]3CCCC[C@H]3O)c2c1C. The number of benzene rings is 1. The number of aliphatic hydroxyl groups excluding tert-OH is 1. The molecule has 1 aliphatic rings. The van der Waals surface area contributed by atoms with Gasteiger partial charge in [0.05, 0.1) is 24.3 Å². The number of hydrogen-bond donors (Lipinski definition) is 2. The van der Waals surface area contributed by atoms with E-state index in [1.165, 1.54) is 36.9 Å². The summed E-state index contributed by atoms with van der Waals surface area (Å²) in [6.07, 6.45) is 3.71. The highest BCUT2D eigenvalue weighted by Gasteiger charge is 2.26. The average molecular weight is 431 g/mol. The summed E-state index contributed by atoms with van der Waals surface area (Å²) in [4.78, 5) is 21.7. The van der Waals surface area contributed by atoms with E-state index in [4.69, 9.17) is 9.47 Å². The molecule has 4 rings (SSSR count). The lowest BCUT2D eigenvalue weighted by Gasteiger charge is -2.29. The number of aromatic nitrogens is 2. The molecule has 30 heavy (non-hydrogen) atoms. The highest BCUT2D eigenvalue weighted by molar-refractivity contribution is 7.20. The smallest absolute Gasteiger partial charge is 0.348 e. The topological polar surface area (TPSA) is 93.6 Å². The van der Waals surface area contributed by atoms with E-state index < -0.39 is 17.9 Å². The van der Waals surface area contributed by atoms with Crippen LogP contribution in [0.25, 0.3) is 10.2 Å². The van der Waals surface area contributed by atoms with Crippen molar-refractivity contribution in [3.05, 3.63) is 40.8 Å². The van der Waals surface area contributed by atoms with Gasteiger partial charge in [0.2, 0.25) is 0 Å². The van der Waals surface area contributed by atoms with Crippen LogP contribution in [0.2, 0.25) is 0 Å². The fraction of sp³-hybridized carbons (Fsp3) is 0.381. The van der Waals surface area contributed by atoms with Crippen molar-refractivity contribution in [3.8, 4) is 5.75 Å². The van der Waals surface area contributed by atoms with Crippen molar-refractivity contribution in [1.82, 2.24) is 9.97 Å². The number of esters is 1. The number of carbonyl (C=O) groups excluding carboxylic acids is 1. The largest absolute Gasteiger partial charge is 0.485 e. The first-order valence-corrected chi connectivity index (χ1v) is 10.5. The quantitative estimate of drug-likeness (QED) is 0.580. The lowest BCUT2D eigenvalue weighted by Crippen LogP contribution is -2.34. The number of nitrogens with one attached hydrogen (secondary N) is 1. The van der Waals surface area contributed by atoms with Gasteiger partial charge in [0.15, 0.2) is 0 Å². The fourth-order valence-electron chi connectivity index (χ4n) is 3.66. The van der Waals surface area contributed by atoms with E-state index in [-0.39, 0.29) is 6.10 Å². The van der Waals surface area contributed by atoms with Gasteiger partial charge < -0.3 is 19.9 Å². The molecule has 3 aromatic rings. The number of methoxy groups -OCH3 is 1. The minimum absolute atomic E-state index is 0.300. The Kier molecular flexibility index (Phi) is 5.83. The molecule has 1 aliphatic carbocycles. The summed E-state index contributed by atoms with van der Waals surface area (Å²) in [5.74, 6) is -0.0924. The molecule has 2 N–H and O–H groups in total.